The number of fused-ring (bicyclic) bond motifs is 1. The van der Waals surface area contributed by atoms with Crippen LogP contribution in [0.4, 0.5) is 0 Å². The fourth-order valence-electron chi connectivity index (χ4n) is 3.03. The summed E-state index contributed by atoms with van der Waals surface area (Å²) in [6.45, 7) is -0.146. The molecule has 3 rings (SSSR count). The van der Waals surface area contributed by atoms with Crippen LogP contribution in [0.1, 0.15) is 23.3 Å². The normalized spacial score (nSPS) is 17.0. The van der Waals surface area contributed by atoms with Gasteiger partial charge in [0.15, 0.2) is 0 Å². The quantitative estimate of drug-likeness (QED) is 0.860. The van der Waals surface area contributed by atoms with Crippen LogP contribution in [0.2, 0.25) is 0 Å². The lowest BCUT2D eigenvalue weighted by Gasteiger charge is -2.31. The number of sulfone groups is 1. The van der Waals surface area contributed by atoms with Crippen LogP contribution in [-0.2, 0) is 14.6 Å². The highest BCUT2D eigenvalue weighted by Gasteiger charge is 2.28. The molecule has 1 aromatic heterocycles. The molecule has 138 valence electrons. The van der Waals surface area contributed by atoms with E-state index in [0.29, 0.717) is 18.4 Å². The first kappa shape index (κ1) is 18.3. The molecule has 0 saturated carbocycles. The summed E-state index contributed by atoms with van der Waals surface area (Å²) in [6, 6.07) is 10.8. The van der Waals surface area contributed by atoms with E-state index in [0.717, 1.165) is 5.39 Å². The number of benzene rings is 1. The highest BCUT2D eigenvalue weighted by molar-refractivity contribution is 7.91. The van der Waals surface area contributed by atoms with Crippen molar-refractivity contribution in [1.82, 2.24) is 15.2 Å². The van der Waals surface area contributed by atoms with Gasteiger partial charge in [-0.25, -0.2) is 13.4 Å². The molecule has 0 atom stereocenters. The Kier molecular flexibility index (Phi) is 5.22. The number of likely N-dealkylation sites (N-methyl/N-ethyl adjacent to an activating group) is 1. The molecule has 0 spiro atoms. The van der Waals surface area contributed by atoms with Crippen molar-refractivity contribution in [2.24, 2.45) is 0 Å². The van der Waals surface area contributed by atoms with E-state index >= 15 is 0 Å². The average molecular weight is 375 g/mol. The zero-order chi connectivity index (χ0) is 18.7. The topological polar surface area (TPSA) is 96.4 Å². The van der Waals surface area contributed by atoms with Crippen molar-refractivity contribution in [3.63, 3.8) is 0 Å². The molecule has 2 amide bonds. The maximum Gasteiger partial charge on any atom is 0.270 e. The Labute approximate surface area is 152 Å². The highest BCUT2D eigenvalue weighted by Crippen LogP contribution is 2.17. The molecule has 0 aliphatic carbocycles. The van der Waals surface area contributed by atoms with Crippen LogP contribution in [0.5, 0.6) is 0 Å². The van der Waals surface area contributed by atoms with E-state index in [-0.39, 0.29) is 35.7 Å². The van der Waals surface area contributed by atoms with E-state index in [2.05, 4.69) is 10.3 Å². The molecule has 0 radical (unpaired) electrons. The first-order chi connectivity index (χ1) is 12.4. The van der Waals surface area contributed by atoms with E-state index in [1.807, 2.05) is 30.3 Å². The van der Waals surface area contributed by atoms with Crippen LogP contribution >= 0.6 is 0 Å². The van der Waals surface area contributed by atoms with Gasteiger partial charge in [-0.15, -0.1) is 0 Å². The SMILES string of the molecule is CN(C(=O)CNC(=O)c1ccc2ccccc2n1)C1CCS(=O)(=O)CC1. The summed E-state index contributed by atoms with van der Waals surface area (Å²) >= 11 is 0. The van der Waals surface area contributed by atoms with Crippen LogP contribution in [0.15, 0.2) is 36.4 Å². The maximum atomic E-state index is 12.3. The summed E-state index contributed by atoms with van der Waals surface area (Å²) in [4.78, 5) is 30.4. The molecule has 26 heavy (non-hydrogen) atoms. The molecule has 8 heteroatoms. The lowest BCUT2D eigenvalue weighted by Crippen LogP contribution is -2.46. The number of nitrogens with zero attached hydrogens (tertiary/aromatic N) is 2. The summed E-state index contributed by atoms with van der Waals surface area (Å²) in [6.07, 6.45) is 0.871. The molecule has 1 aromatic carbocycles. The van der Waals surface area contributed by atoms with Gasteiger partial charge in [-0.1, -0.05) is 24.3 Å². The predicted molar refractivity (Wildman–Crippen MR) is 98.5 cm³/mol. The number of hydrogen-bond donors (Lipinski definition) is 1. The molecule has 1 aliphatic rings. The van der Waals surface area contributed by atoms with E-state index in [1.165, 1.54) is 4.90 Å². The minimum Gasteiger partial charge on any atom is -0.342 e. The predicted octanol–water partition coefficient (Wildman–Crippen LogP) is 1.00. The van der Waals surface area contributed by atoms with Gasteiger partial charge in [-0.05, 0) is 25.0 Å². The smallest absolute Gasteiger partial charge is 0.270 e. The third-order valence-electron chi connectivity index (χ3n) is 4.70. The second kappa shape index (κ2) is 7.41. The van der Waals surface area contributed by atoms with Crippen LogP contribution in [-0.4, -0.2) is 61.3 Å². The van der Waals surface area contributed by atoms with Crippen molar-refractivity contribution in [2.45, 2.75) is 18.9 Å². The van der Waals surface area contributed by atoms with Crippen molar-refractivity contribution in [3.8, 4) is 0 Å². The van der Waals surface area contributed by atoms with Crippen LogP contribution < -0.4 is 5.32 Å². The van der Waals surface area contributed by atoms with Gasteiger partial charge >= 0.3 is 0 Å². The second-order valence-electron chi connectivity index (χ2n) is 6.46. The van der Waals surface area contributed by atoms with Gasteiger partial charge < -0.3 is 10.2 Å². The third-order valence-corrected chi connectivity index (χ3v) is 6.41. The van der Waals surface area contributed by atoms with E-state index in [9.17, 15) is 18.0 Å². The fourth-order valence-corrected chi connectivity index (χ4v) is 4.50. The van der Waals surface area contributed by atoms with Crippen LogP contribution in [0, 0.1) is 0 Å². The Morgan fingerprint density at radius 2 is 1.85 bits per heavy atom. The Bertz CT molecular complexity index is 928. The van der Waals surface area contributed by atoms with E-state index < -0.39 is 15.7 Å². The number of carbonyl (C=O) groups excluding carboxylic acids is 2. The van der Waals surface area contributed by atoms with Crippen molar-refractivity contribution in [2.75, 3.05) is 25.1 Å². The molecular formula is C18H21N3O4S. The zero-order valence-electron chi connectivity index (χ0n) is 14.5. The Morgan fingerprint density at radius 1 is 1.15 bits per heavy atom. The molecule has 1 saturated heterocycles. The molecule has 1 fully saturated rings. The Hall–Kier alpha value is -2.48. The van der Waals surface area contributed by atoms with Crippen LogP contribution in [0.3, 0.4) is 0 Å². The summed E-state index contributed by atoms with van der Waals surface area (Å²) in [5.74, 6) is -0.460. The molecule has 2 aromatic rings. The summed E-state index contributed by atoms with van der Waals surface area (Å²) < 4.78 is 23.0. The number of para-hydroxylation sites is 1. The number of nitrogens with one attached hydrogen (secondary N) is 1. The van der Waals surface area contributed by atoms with Gasteiger partial charge in [0.1, 0.15) is 15.5 Å². The number of amides is 2. The van der Waals surface area contributed by atoms with E-state index in [4.69, 9.17) is 0 Å². The van der Waals surface area contributed by atoms with Gasteiger partial charge in [0.05, 0.1) is 23.6 Å². The number of rotatable bonds is 4. The van der Waals surface area contributed by atoms with Gasteiger partial charge in [-0.3, -0.25) is 9.59 Å². The summed E-state index contributed by atoms with van der Waals surface area (Å²) in [5, 5.41) is 3.53. The first-order valence-electron chi connectivity index (χ1n) is 8.46. The molecular weight excluding hydrogens is 354 g/mol. The average Bonchev–Trinajstić information content (AvgIpc) is 2.64. The molecule has 1 aliphatic heterocycles. The largest absolute Gasteiger partial charge is 0.342 e. The highest BCUT2D eigenvalue weighted by atomic mass is 32.2. The molecule has 0 unspecified atom stereocenters. The van der Waals surface area contributed by atoms with Crippen molar-refractivity contribution < 1.29 is 18.0 Å². The number of aromatic nitrogens is 1. The van der Waals surface area contributed by atoms with Crippen molar-refractivity contribution >= 4 is 32.6 Å². The summed E-state index contributed by atoms with van der Waals surface area (Å²) in [5.41, 5.74) is 0.968. The standard InChI is InChI=1S/C18H21N3O4S/c1-21(14-8-10-26(24,25)11-9-14)17(22)12-19-18(23)16-7-6-13-4-2-3-5-15(13)20-16/h2-7,14H,8-12H2,1H3,(H,19,23). The first-order valence-corrected chi connectivity index (χ1v) is 10.3. The van der Waals surface area contributed by atoms with Crippen molar-refractivity contribution in [1.29, 1.82) is 0 Å². The Balaban J connectivity index is 1.57. The van der Waals surface area contributed by atoms with Gasteiger partial charge in [0.2, 0.25) is 5.91 Å². The van der Waals surface area contributed by atoms with E-state index in [1.54, 1.807) is 13.1 Å². The Morgan fingerprint density at radius 3 is 2.58 bits per heavy atom. The number of pyridine rings is 1. The third kappa shape index (κ3) is 4.19. The lowest BCUT2D eigenvalue weighted by atomic mass is 10.1. The monoisotopic (exact) mass is 375 g/mol. The van der Waals surface area contributed by atoms with Crippen LogP contribution in [0.25, 0.3) is 10.9 Å². The molecule has 7 nitrogen and oxygen atoms in total. The van der Waals surface area contributed by atoms with Gasteiger partial charge in [0.25, 0.3) is 5.91 Å². The number of hydrogen-bond acceptors (Lipinski definition) is 5. The molecule has 1 N–H and O–H groups in total. The molecule has 2 heterocycles. The van der Waals surface area contributed by atoms with Crippen molar-refractivity contribution in [3.05, 3.63) is 42.1 Å². The molecule has 0 bridgehead atoms. The zero-order valence-corrected chi connectivity index (χ0v) is 15.3. The summed E-state index contributed by atoms with van der Waals surface area (Å²) in [7, 11) is -1.33. The van der Waals surface area contributed by atoms with Gasteiger partial charge in [0, 0.05) is 18.5 Å². The lowest BCUT2D eigenvalue weighted by molar-refractivity contribution is -0.131. The minimum absolute atomic E-state index is 0.0999. The minimum atomic E-state index is -2.97. The number of carbonyl (C=O) groups is 2. The second-order valence-corrected chi connectivity index (χ2v) is 8.76. The van der Waals surface area contributed by atoms with Gasteiger partial charge in [-0.2, -0.15) is 0 Å². The fraction of sp³-hybridized carbons (Fsp3) is 0.389. The maximum absolute atomic E-state index is 12.3.